The minimum absolute atomic E-state index is 0.0637. The van der Waals surface area contributed by atoms with Crippen LogP contribution in [0, 0.1) is 10.1 Å². The highest BCUT2D eigenvalue weighted by Gasteiger charge is 2.31. The number of carbonyl (C=O) groups excluding carboxylic acids is 2. The van der Waals surface area contributed by atoms with Crippen LogP contribution in [0.3, 0.4) is 0 Å². The second-order valence-electron chi connectivity index (χ2n) is 7.64. The van der Waals surface area contributed by atoms with Crippen molar-refractivity contribution in [3.63, 3.8) is 0 Å². The number of primary amides is 1. The Labute approximate surface area is 192 Å². The lowest BCUT2D eigenvalue weighted by molar-refractivity contribution is -0.385. The Hall–Kier alpha value is -3.71. The molecule has 2 aromatic rings. The van der Waals surface area contributed by atoms with E-state index in [-0.39, 0.29) is 29.5 Å². The van der Waals surface area contributed by atoms with Gasteiger partial charge in [-0.3, -0.25) is 29.5 Å². The van der Waals surface area contributed by atoms with Crippen LogP contribution in [-0.4, -0.2) is 65.6 Å². The molecule has 1 fully saturated rings. The first kappa shape index (κ1) is 24.9. The van der Waals surface area contributed by atoms with Gasteiger partial charge in [-0.15, -0.1) is 13.2 Å². The molecular weight excluding hydrogens is 459 g/mol. The van der Waals surface area contributed by atoms with Gasteiger partial charge in [0.25, 0.3) is 5.69 Å². The first-order chi connectivity index (χ1) is 16.0. The van der Waals surface area contributed by atoms with Crippen LogP contribution in [0.2, 0.25) is 0 Å². The average molecular weight is 481 g/mol. The van der Waals surface area contributed by atoms with Gasteiger partial charge in [-0.2, -0.15) is 0 Å². The van der Waals surface area contributed by atoms with Crippen LogP contribution in [0.4, 0.5) is 24.5 Å². The molecule has 0 unspecified atom stereocenters. The molecule has 13 heteroatoms. The number of nitrogens with zero attached hydrogens (tertiary/aromatic N) is 3. The number of piperazine rings is 1. The molecule has 0 bridgehead atoms. The molecule has 0 spiro atoms. The first-order valence-corrected chi connectivity index (χ1v) is 10.2. The van der Waals surface area contributed by atoms with Crippen molar-refractivity contribution in [2.24, 2.45) is 5.73 Å². The summed E-state index contributed by atoms with van der Waals surface area (Å²) in [5.41, 5.74) is 5.88. The Morgan fingerprint density at radius 1 is 1.06 bits per heavy atom. The topological polar surface area (TPSA) is 131 Å². The second-order valence-corrected chi connectivity index (χ2v) is 7.64. The number of benzene rings is 2. The van der Waals surface area contributed by atoms with Crippen LogP contribution in [0.5, 0.6) is 5.75 Å². The molecule has 1 heterocycles. The van der Waals surface area contributed by atoms with E-state index in [1.807, 2.05) is 9.80 Å². The number of anilines is 1. The van der Waals surface area contributed by atoms with Crippen LogP contribution < -0.4 is 15.8 Å². The molecule has 0 saturated carbocycles. The molecule has 1 saturated heterocycles. The van der Waals surface area contributed by atoms with Crippen molar-refractivity contribution >= 4 is 23.2 Å². The lowest BCUT2D eigenvalue weighted by Gasteiger charge is -2.34. The number of halogens is 3. The number of nitro benzene ring substituents is 1. The third kappa shape index (κ3) is 7.15. The quantitative estimate of drug-likeness (QED) is 0.437. The largest absolute Gasteiger partial charge is 0.573 e. The maximum Gasteiger partial charge on any atom is 0.573 e. The first-order valence-electron chi connectivity index (χ1n) is 10.2. The van der Waals surface area contributed by atoms with Crippen LogP contribution in [0.25, 0.3) is 0 Å². The summed E-state index contributed by atoms with van der Waals surface area (Å²) in [6.07, 6.45) is -4.79. The van der Waals surface area contributed by atoms with Gasteiger partial charge in [-0.05, 0) is 30.3 Å². The van der Waals surface area contributed by atoms with Gasteiger partial charge >= 0.3 is 6.36 Å². The van der Waals surface area contributed by atoms with E-state index in [1.165, 1.54) is 30.3 Å². The van der Waals surface area contributed by atoms with E-state index in [4.69, 9.17) is 5.73 Å². The van der Waals surface area contributed by atoms with E-state index in [9.17, 15) is 32.9 Å². The summed E-state index contributed by atoms with van der Waals surface area (Å²) in [7, 11) is 0. The van der Waals surface area contributed by atoms with E-state index in [0.29, 0.717) is 44.0 Å². The minimum atomic E-state index is -4.79. The molecule has 2 aromatic carbocycles. The third-order valence-electron chi connectivity index (χ3n) is 5.16. The highest BCUT2D eigenvalue weighted by atomic mass is 19.4. The van der Waals surface area contributed by atoms with E-state index in [0.717, 1.165) is 12.1 Å². The number of nitrogens with one attached hydrogen (secondary N) is 1. The van der Waals surface area contributed by atoms with Gasteiger partial charge in [0.2, 0.25) is 11.8 Å². The average Bonchev–Trinajstić information content (AvgIpc) is 2.75. The van der Waals surface area contributed by atoms with Gasteiger partial charge in [0.1, 0.15) is 5.75 Å². The number of hydrogen-bond donors (Lipinski definition) is 2. The Kier molecular flexibility index (Phi) is 7.68. The summed E-state index contributed by atoms with van der Waals surface area (Å²) in [5, 5.41) is 14.0. The summed E-state index contributed by atoms with van der Waals surface area (Å²) in [5.74, 6) is -1.45. The Balaban J connectivity index is 1.48. The van der Waals surface area contributed by atoms with Gasteiger partial charge < -0.3 is 15.8 Å². The maximum absolute atomic E-state index is 12.3. The summed E-state index contributed by atoms with van der Waals surface area (Å²) < 4.78 is 40.4. The molecule has 10 nitrogen and oxygen atoms in total. The lowest BCUT2D eigenvalue weighted by atomic mass is 10.1. The zero-order chi connectivity index (χ0) is 24.9. The van der Waals surface area contributed by atoms with Crippen LogP contribution in [0.15, 0.2) is 42.5 Å². The molecule has 0 aromatic heterocycles. The molecule has 3 rings (SSSR count). The predicted octanol–water partition coefficient (Wildman–Crippen LogP) is 2.35. The number of ether oxygens (including phenoxy) is 1. The second kappa shape index (κ2) is 10.5. The number of hydrogen-bond acceptors (Lipinski definition) is 7. The van der Waals surface area contributed by atoms with Crippen molar-refractivity contribution < 1.29 is 32.4 Å². The minimum Gasteiger partial charge on any atom is -0.406 e. The summed E-state index contributed by atoms with van der Waals surface area (Å²) in [6, 6.07) is 8.98. The van der Waals surface area contributed by atoms with Crippen molar-refractivity contribution in [2.75, 3.05) is 38.0 Å². The van der Waals surface area contributed by atoms with Crippen molar-refractivity contribution in [3.8, 4) is 5.75 Å². The molecule has 1 aliphatic heterocycles. The Bertz CT molecular complexity index is 1050. The maximum atomic E-state index is 12.3. The molecule has 182 valence electrons. The number of nitrogens with two attached hydrogens (primary N) is 1. The van der Waals surface area contributed by atoms with Crippen molar-refractivity contribution in [3.05, 3.63) is 63.7 Å². The number of rotatable bonds is 8. The molecule has 2 amide bonds. The highest BCUT2D eigenvalue weighted by Crippen LogP contribution is 2.24. The van der Waals surface area contributed by atoms with Gasteiger partial charge in [-0.25, -0.2) is 0 Å². The van der Waals surface area contributed by atoms with Gasteiger partial charge in [0.15, 0.2) is 0 Å². The molecule has 34 heavy (non-hydrogen) atoms. The summed E-state index contributed by atoms with van der Waals surface area (Å²) >= 11 is 0. The molecule has 3 N–H and O–H groups in total. The molecule has 0 radical (unpaired) electrons. The fraction of sp³-hybridized carbons (Fsp3) is 0.333. The SMILES string of the molecule is NC(=O)c1ccc(CN2CCN(CC(=O)Nc3ccc(OC(F)(F)F)cc3)CC2)c([N+](=O)[O-])c1. The number of nitro groups is 1. The Morgan fingerprint density at radius 2 is 1.68 bits per heavy atom. The molecular formula is C21H22F3N5O5. The summed E-state index contributed by atoms with van der Waals surface area (Å²) in [6.45, 7) is 2.60. The van der Waals surface area contributed by atoms with Crippen LogP contribution >= 0.6 is 0 Å². The third-order valence-corrected chi connectivity index (χ3v) is 5.16. The zero-order valence-electron chi connectivity index (χ0n) is 17.9. The van der Waals surface area contributed by atoms with Gasteiger partial charge in [0.05, 0.1) is 11.5 Å². The lowest BCUT2D eigenvalue weighted by Crippen LogP contribution is -2.48. The van der Waals surface area contributed by atoms with Gasteiger partial charge in [0, 0.05) is 55.6 Å². The monoisotopic (exact) mass is 481 g/mol. The normalized spacial score (nSPS) is 15.0. The van der Waals surface area contributed by atoms with E-state index < -0.39 is 17.2 Å². The fourth-order valence-corrected chi connectivity index (χ4v) is 3.51. The predicted molar refractivity (Wildman–Crippen MR) is 115 cm³/mol. The number of alkyl halides is 3. The van der Waals surface area contributed by atoms with E-state index >= 15 is 0 Å². The van der Waals surface area contributed by atoms with E-state index in [1.54, 1.807) is 0 Å². The fourth-order valence-electron chi connectivity index (χ4n) is 3.51. The number of carbonyl (C=O) groups is 2. The molecule has 1 aliphatic rings. The van der Waals surface area contributed by atoms with Crippen LogP contribution in [-0.2, 0) is 11.3 Å². The van der Waals surface area contributed by atoms with Crippen molar-refractivity contribution in [2.45, 2.75) is 12.9 Å². The standard InChI is InChI=1S/C21H22F3N5O5/c22-21(23,24)34-17-5-3-16(4-6-17)26-19(30)13-28-9-7-27(8-10-28)12-15-2-1-14(20(25)31)11-18(15)29(32)33/h1-6,11H,7-10,12-13H2,(H2,25,31)(H,26,30). The molecule has 0 aliphatic carbocycles. The summed E-state index contributed by atoms with van der Waals surface area (Å²) in [4.78, 5) is 38.3. The van der Waals surface area contributed by atoms with Crippen molar-refractivity contribution in [1.82, 2.24) is 9.80 Å². The smallest absolute Gasteiger partial charge is 0.406 e. The van der Waals surface area contributed by atoms with Crippen molar-refractivity contribution in [1.29, 1.82) is 0 Å². The highest BCUT2D eigenvalue weighted by molar-refractivity contribution is 5.93. The van der Waals surface area contributed by atoms with E-state index in [2.05, 4.69) is 10.1 Å². The number of amides is 2. The van der Waals surface area contributed by atoms with Crippen LogP contribution in [0.1, 0.15) is 15.9 Å². The zero-order valence-corrected chi connectivity index (χ0v) is 17.9. The Morgan fingerprint density at radius 3 is 2.24 bits per heavy atom. The van der Waals surface area contributed by atoms with Gasteiger partial charge in [-0.1, -0.05) is 6.07 Å². The molecule has 0 atom stereocenters.